The van der Waals surface area contributed by atoms with Crippen LogP contribution in [0, 0.1) is 18.3 Å². The number of aromatic nitrogens is 2. The summed E-state index contributed by atoms with van der Waals surface area (Å²) in [5.74, 6) is 0. The van der Waals surface area contributed by atoms with Gasteiger partial charge in [-0.25, -0.2) is 0 Å². The van der Waals surface area contributed by atoms with E-state index in [1.807, 2.05) is 6.07 Å². The van der Waals surface area contributed by atoms with Crippen LogP contribution in [0.4, 0.5) is 0 Å². The van der Waals surface area contributed by atoms with Crippen molar-refractivity contribution < 1.29 is 0 Å². The molecule has 0 aliphatic rings. The summed E-state index contributed by atoms with van der Waals surface area (Å²) in [6.07, 6.45) is 0. The van der Waals surface area contributed by atoms with Crippen molar-refractivity contribution in [2.45, 2.75) is 6.92 Å². The first-order valence-corrected chi connectivity index (χ1v) is 3.02. The molecule has 0 N–H and O–H groups in total. The normalized spacial score (nSPS) is 8.90. The molecule has 0 fully saturated rings. The molecule has 3 nitrogen and oxygen atoms in total. The summed E-state index contributed by atoms with van der Waals surface area (Å²) in [5, 5.41) is 15.9. The van der Waals surface area contributed by atoms with Crippen LogP contribution >= 0.6 is 11.6 Å². The molecule has 0 unspecified atom stereocenters. The van der Waals surface area contributed by atoms with Crippen LogP contribution in [0.2, 0.25) is 5.02 Å². The van der Waals surface area contributed by atoms with Gasteiger partial charge >= 0.3 is 0 Å². The first-order chi connectivity index (χ1) is 4.74. The number of aryl methyl sites for hydroxylation is 1. The summed E-state index contributed by atoms with van der Waals surface area (Å²) in [6.45, 7) is 1.76. The summed E-state index contributed by atoms with van der Waals surface area (Å²) < 4.78 is 0. The number of nitriles is 1. The average Bonchev–Trinajstić information content (AvgIpc) is 1.88. The molecule has 0 radical (unpaired) electrons. The van der Waals surface area contributed by atoms with Gasteiger partial charge in [0, 0.05) is 0 Å². The molecule has 1 aromatic heterocycles. The van der Waals surface area contributed by atoms with E-state index in [1.165, 1.54) is 0 Å². The molecule has 0 aliphatic heterocycles. The van der Waals surface area contributed by atoms with E-state index < -0.39 is 0 Å². The maximum absolute atomic E-state index is 8.37. The molecule has 0 saturated carbocycles. The molecule has 0 saturated heterocycles. The predicted octanol–water partition coefficient (Wildman–Crippen LogP) is 1.31. The van der Waals surface area contributed by atoms with E-state index in [2.05, 4.69) is 10.2 Å². The summed E-state index contributed by atoms with van der Waals surface area (Å²) in [5.41, 5.74) is 0.885. The Morgan fingerprint density at radius 1 is 1.60 bits per heavy atom. The lowest BCUT2D eigenvalue weighted by Gasteiger charge is -1.91. The predicted molar refractivity (Wildman–Crippen MR) is 36.5 cm³/mol. The Bertz CT molecular complexity index is 290. The summed E-state index contributed by atoms with van der Waals surface area (Å²) in [4.78, 5) is 0. The van der Waals surface area contributed by atoms with Crippen molar-refractivity contribution in [1.29, 1.82) is 5.26 Å². The molecule has 1 heterocycles. The van der Waals surface area contributed by atoms with E-state index in [1.54, 1.807) is 13.0 Å². The largest absolute Gasteiger partial charge is 0.191 e. The van der Waals surface area contributed by atoms with Crippen LogP contribution in [0.15, 0.2) is 6.07 Å². The van der Waals surface area contributed by atoms with Gasteiger partial charge in [-0.1, -0.05) is 11.6 Å². The van der Waals surface area contributed by atoms with Gasteiger partial charge in [0.25, 0.3) is 0 Å². The van der Waals surface area contributed by atoms with Crippen molar-refractivity contribution in [3.05, 3.63) is 22.5 Å². The van der Waals surface area contributed by atoms with Crippen molar-refractivity contribution >= 4 is 11.6 Å². The van der Waals surface area contributed by atoms with Crippen molar-refractivity contribution in [3.8, 4) is 6.07 Å². The van der Waals surface area contributed by atoms with Gasteiger partial charge in [0.15, 0.2) is 5.69 Å². The molecule has 0 amide bonds. The minimum Gasteiger partial charge on any atom is -0.191 e. The van der Waals surface area contributed by atoms with E-state index in [0.717, 1.165) is 0 Å². The second-order valence-electron chi connectivity index (χ2n) is 1.79. The number of hydrogen-bond donors (Lipinski definition) is 0. The maximum atomic E-state index is 8.37. The number of rotatable bonds is 0. The van der Waals surface area contributed by atoms with Gasteiger partial charge in [-0.3, -0.25) is 0 Å². The number of hydrogen-bond acceptors (Lipinski definition) is 3. The lowest BCUT2D eigenvalue weighted by Crippen LogP contribution is -1.90. The second kappa shape index (κ2) is 2.63. The van der Waals surface area contributed by atoms with Gasteiger partial charge in [-0.05, 0) is 13.0 Å². The summed E-state index contributed by atoms with van der Waals surface area (Å²) in [6, 6.07) is 3.42. The average molecular weight is 154 g/mol. The Balaban J connectivity index is 3.23. The van der Waals surface area contributed by atoms with Crippen LogP contribution in [-0.4, -0.2) is 10.2 Å². The summed E-state index contributed by atoms with van der Waals surface area (Å²) in [7, 11) is 0. The fourth-order valence-corrected chi connectivity index (χ4v) is 0.771. The Kier molecular flexibility index (Phi) is 1.83. The number of halogens is 1. The highest BCUT2D eigenvalue weighted by atomic mass is 35.5. The Hall–Kier alpha value is -1.14. The SMILES string of the molecule is Cc1cc(Cl)c(C#N)nn1. The van der Waals surface area contributed by atoms with Gasteiger partial charge < -0.3 is 0 Å². The molecule has 0 spiro atoms. The molecule has 50 valence electrons. The van der Waals surface area contributed by atoms with Crippen molar-refractivity contribution in [3.63, 3.8) is 0 Å². The zero-order chi connectivity index (χ0) is 7.56. The van der Waals surface area contributed by atoms with Crippen LogP contribution in [-0.2, 0) is 0 Å². The smallest absolute Gasteiger partial charge is 0.181 e. The molecule has 0 aromatic carbocycles. The van der Waals surface area contributed by atoms with E-state index >= 15 is 0 Å². The monoisotopic (exact) mass is 153 g/mol. The maximum Gasteiger partial charge on any atom is 0.181 e. The topological polar surface area (TPSA) is 49.6 Å². The fourth-order valence-electron chi connectivity index (χ4n) is 0.533. The van der Waals surface area contributed by atoms with E-state index in [-0.39, 0.29) is 5.69 Å². The highest BCUT2D eigenvalue weighted by Crippen LogP contribution is 2.10. The summed E-state index contributed by atoms with van der Waals surface area (Å²) >= 11 is 5.60. The minimum absolute atomic E-state index is 0.173. The molecule has 1 aromatic rings. The quantitative estimate of drug-likeness (QED) is 0.565. The lowest BCUT2D eigenvalue weighted by molar-refractivity contribution is 0.964. The van der Waals surface area contributed by atoms with E-state index in [9.17, 15) is 0 Å². The fraction of sp³-hybridized carbons (Fsp3) is 0.167. The third kappa shape index (κ3) is 1.23. The van der Waals surface area contributed by atoms with Crippen LogP contribution in [0.5, 0.6) is 0 Å². The zero-order valence-electron chi connectivity index (χ0n) is 5.30. The molecule has 1 rings (SSSR count). The standard InChI is InChI=1S/C6H4ClN3/c1-4-2-5(7)6(3-8)10-9-4/h2H,1H3. The van der Waals surface area contributed by atoms with E-state index in [4.69, 9.17) is 16.9 Å². The Labute approximate surface area is 63.3 Å². The van der Waals surface area contributed by atoms with Crippen molar-refractivity contribution in [2.75, 3.05) is 0 Å². The lowest BCUT2D eigenvalue weighted by atomic mass is 10.3. The first-order valence-electron chi connectivity index (χ1n) is 2.64. The van der Waals surface area contributed by atoms with E-state index in [0.29, 0.717) is 10.7 Å². The first kappa shape index (κ1) is 6.97. The Morgan fingerprint density at radius 3 is 2.80 bits per heavy atom. The number of nitrogens with zero attached hydrogens (tertiary/aromatic N) is 3. The zero-order valence-corrected chi connectivity index (χ0v) is 6.05. The van der Waals surface area contributed by atoms with Crippen LogP contribution in [0.3, 0.4) is 0 Å². The van der Waals surface area contributed by atoms with Gasteiger partial charge in [-0.2, -0.15) is 10.4 Å². The molecule has 0 bridgehead atoms. The molecule has 0 aliphatic carbocycles. The van der Waals surface area contributed by atoms with Gasteiger partial charge in [0.2, 0.25) is 0 Å². The Morgan fingerprint density at radius 2 is 2.30 bits per heavy atom. The van der Waals surface area contributed by atoms with Crippen LogP contribution in [0.25, 0.3) is 0 Å². The molecular weight excluding hydrogens is 150 g/mol. The minimum atomic E-state index is 0.173. The van der Waals surface area contributed by atoms with Gasteiger partial charge in [-0.15, -0.1) is 5.10 Å². The third-order valence-electron chi connectivity index (χ3n) is 0.975. The van der Waals surface area contributed by atoms with Gasteiger partial charge in [0.05, 0.1) is 10.7 Å². The second-order valence-corrected chi connectivity index (χ2v) is 2.20. The highest BCUT2D eigenvalue weighted by molar-refractivity contribution is 6.31. The third-order valence-corrected chi connectivity index (χ3v) is 1.26. The van der Waals surface area contributed by atoms with Crippen molar-refractivity contribution in [1.82, 2.24) is 10.2 Å². The molecule has 10 heavy (non-hydrogen) atoms. The molecule has 0 atom stereocenters. The van der Waals surface area contributed by atoms with Crippen LogP contribution < -0.4 is 0 Å². The molecule has 4 heteroatoms. The van der Waals surface area contributed by atoms with Gasteiger partial charge in [0.1, 0.15) is 6.07 Å². The molecular formula is C6H4ClN3. The van der Waals surface area contributed by atoms with Crippen molar-refractivity contribution in [2.24, 2.45) is 0 Å². The highest BCUT2D eigenvalue weighted by Gasteiger charge is 1.99. The van der Waals surface area contributed by atoms with Crippen LogP contribution in [0.1, 0.15) is 11.4 Å².